The van der Waals surface area contributed by atoms with Gasteiger partial charge in [0.15, 0.2) is 5.96 Å². The number of halogens is 1. The molecule has 1 atom stereocenters. The maximum absolute atomic E-state index is 5.49. The fourth-order valence-electron chi connectivity index (χ4n) is 3.49. The molecular formula is C21H33IN6O. The topological polar surface area (TPSA) is 66.7 Å². The van der Waals surface area contributed by atoms with Gasteiger partial charge in [0, 0.05) is 51.7 Å². The van der Waals surface area contributed by atoms with E-state index in [0.717, 1.165) is 51.0 Å². The molecule has 160 valence electrons. The van der Waals surface area contributed by atoms with E-state index in [1.165, 1.54) is 5.56 Å². The molecule has 3 rings (SSSR count). The fraction of sp³-hybridized carbons (Fsp3) is 0.524. The lowest BCUT2D eigenvalue weighted by Gasteiger charge is -2.37. The van der Waals surface area contributed by atoms with E-state index in [1.54, 1.807) is 6.20 Å². The van der Waals surface area contributed by atoms with Crippen LogP contribution in [-0.4, -0.2) is 66.6 Å². The highest BCUT2D eigenvalue weighted by Gasteiger charge is 2.23. The van der Waals surface area contributed by atoms with E-state index in [1.807, 2.05) is 24.0 Å². The Morgan fingerprint density at radius 2 is 1.90 bits per heavy atom. The average Bonchev–Trinajstić information content (AvgIpc) is 3.26. The van der Waals surface area contributed by atoms with Crippen LogP contribution in [-0.2, 0) is 11.3 Å². The molecule has 0 saturated carbocycles. The van der Waals surface area contributed by atoms with Gasteiger partial charge in [-0.25, -0.2) is 4.68 Å². The number of aromatic nitrogens is 2. The van der Waals surface area contributed by atoms with Crippen molar-refractivity contribution in [3.8, 4) is 5.69 Å². The van der Waals surface area contributed by atoms with Crippen LogP contribution < -0.4 is 10.6 Å². The lowest BCUT2D eigenvalue weighted by molar-refractivity contribution is 0.00752. The van der Waals surface area contributed by atoms with E-state index in [4.69, 9.17) is 4.74 Å². The number of ether oxygens (including phenoxy) is 1. The van der Waals surface area contributed by atoms with Gasteiger partial charge in [-0.15, -0.1) is 24.0 Å². The third-order valence-corrected chi connectivity index (χ3v) is 5.15. The number of morpholine rings is 1. The van der Waals surface area contributed by atoms with Gasteiger partial charge in [0.2, 0.25) is 0 Å². The van der Waals surface area contributed by atoms with Crippen LogP contribution in [0.4, 0.5) is 0 Å². The van der Waals surface area contributed by atoms with Gasteiger partial charge in [-0.2, -0.15) is 5.10 Å². The number of hydrogen-bond donors (Lipinski definition) is 2. The SMILES string of the molecule is CN=C(NCc1ccc(-n2cccn2)cc1)NCC(C(C)C)N1CCOCC1.I. The zero-order chi connectivity index (χ0) is 19.8. The van der Waals surface area contributed by atoms with Gasteiger partial charge in [0.05, 0.1) is 18.9 Å². The van der Waals surface area contributed by atoms with Crippen LogP contribution in [0.3, 0.4) is 0 Å². The molecule has 2 heterocycles. The Hall–Kier alpha value is -1.65. The Kier molecular flexibility index (Phi) is 9.89. The number of aliphatic imine (C=N–C) groups is 1. The highest BCUT2D eigenvalue weighted by molar-refractivity contribution is 14.0. The Morgan fingerprint density at radius 1 is 1.17 bits per heavy atom. The second kappa shape index (κ2) is 12.1. The molecular weight excluding hydrogens is 479 g/mol. The third-order valence-electron chi connectivity index (χ3n) is 5.15. The summed E-state index contributed by atoms with van der Waals surface area (Å²) in [4.78, 5) is 6.89. The molecule has 8 heteroatoms. The number of guanidine groups is 1. The van der Waals surface area contributed by atoms with Gasteiger partial charge in [-0.3, -0.25) is 9.89 Å². The Labute approximate surface area is 190 Å². The third kappa shape index (κ3) is 6.97. The summed E-state index contributed by atoms with van der Waals surface area (Å²) in [6.07, 6.45) is 3.73. The maximum atomic E-state index is 5.49. The summed E-state index contributed by atoms with van der Waals surface area (Å²) in [5, 5.41) is 11.2. The summed E-state index contributed by atoms with van der Waals surface area (Å²) in [6.45, 7) is 9.80. The minimum atomic E-state index is 0. The van der Waals surface area contributed by atoms with Crippen LogP contribution in [0.15, 0.2) is 47.7 Å². The standard InChI is InChI=1S/C21H32N6O.HI/c1-17(2)20(26-11-13-28-14-12-26)16-24-21(22-3)23-15-18-5-7-19(8-6-18)27-10-4-9-25-27;/h4-10,17,20H,11-16H2,1-3H3,(H2,22,23,24);1H. The quantitative estimate of drug-likeness (QED) is 0.339. The maximum Gasteiger partial charge on any atom is 0.191 e. The smallest absolute Gasteiger partial charge is 0.191 e. The van der Waals surface area contributed by atoms with Crippen molar-refractivity contribution in [2.24, 2.45) is 10.9 Å². The zero-order valence-corrected chi connectivity index (χ0v) is 19.9. The number of nitrogens with one attached hydrogen (secondary N) is 2. The van der Waals surface area contributed by atoms with Crippen molar-refractivity contribution in [2.45, 2.75) is 26.4 Å². The number of hydrogen-bond acceptors (Lipinski definition) is 4. The van der Waals surface area contributed by atoms with E-state index in [9.17, 15) is 0 Å². The highest BCUT2D eigenvalue weighted by atomic mass is 127. The molecule has 1 saturated heterocycles. The average molecular weight is 512 g/mol. The van der Waals surface area contributed by atoms with Gasteiger partial charge in [0.1, 0.15) is 0 Å². The molecule has 1 aliphatic heterocycles. The van der Waals surface area contributed by atoms with Crippen LogP contribution in [0.1, 0.15) is 19.4 Å². The Bertz CT molecular complexity index is 726. The first-order chi connectivity index (χ1) is 13.7. The normalized spacial score (nSPS) is 16.3. The first-order valence-electron chi connectivity index (χ1n) is 10.0. The molecule has 2 aromatic rings. The van der Waals surface area contributed by atoms with Crippen LogP contribution >= 0.6 is 24.0 Å². The van der Waals surface area contributed by atoms with E-state index in [-0.39, 0.29) is 24.0 Å². The van der Waals surface area contributed by atoms with Crippen LogP contribution in [0.2, 0.25) is 0 Å². The minimum absolute atomic E-state index is 0. The molecule has 1 aromatic carbocycles. The molecule has 0 spiro atoms. The largest absolute Gasteiger partial charge is 0.379 e. The first kappa shape index (κ1) is 23.6. The summed E-state index contributed by atoms with van der Waals surface area (Å²) in [5.74, 6) is 1.40. The Balaban J connectivity index is 0.00000300. The molecule has 0 radical (unpaired) electrons. The molecule has 0 bridgehead atoms. The molecule has 0 aliphatic carbocycles. The van der Waals surface area contributed by atoms with E-state index in [0.29, 0.717) is 12.0 Å². The van der Waals surface area contributed by atoms with Crippen LogP contribution in [0.5, 0.6) is 0 Å². The second-order valence-electron chi connectivity index (χ2n) is 7.38. The lowest BCUT2D eigenvalue weighted by atomic mass is 10.0. The van der Waals surface area contributed by atoms with Crippen molar-refractivity contribution in [1.82, 2.24) is 25.3 Å². The molecule has 0 amide bonds. The molecule has 2 N–H and O–H groups in total. The highest BCUT2D eigenvalue weighted by Crippen LogP contribution is 2.12. The molecule has 1 unspecified atom stereocenters. The first-order valence-corrected chi connectivity index (χ1v) is 10.0. The molecule has 1 aromatic heterocycles. The van der Waals surface area contributed by atoms with Gasteiger partial charge in [0.25, 0.3) is 0 Å². The molecule has 1 fully saturated rings. The predicted molar refractivity (Wildman–Crippen MR) is 128 cm³/mol. The molecule has 1 aliphatic rings. The predicted octanol–water partition coefficient (Wildman–Crippen LogP) is 2.51. The van der Waals surface area contributed by atoms with Gasteiger partial charge in [-0.05, 0) is 29.7 Å². The summed E-state index contributed by atoms with van der Waals surface area (Å²) in [5.41, 5.74) is 2.26. The van der Waals surface area contributed by atoms with Crippen molar-refractivity contribution < 1.29 is 4.74 Å². The summed E-state index contributed by atoms with van der Waals surface area (Å²) in [6, 6.07) is 10.8. The van der Waals surface area contributed by atoms with Crippen molar-refractivity contribution >= 4 is 29.9 Å². The van der Waals surface area contributed by atoms with Crippen molar-refractivity contribution in [3.05, 3.63) is 48.3 Å². The van der Waals surface area contributed by atoms with Crippen molar-refractivity contribution in [3.63, 3.8) is 0 Å². The fourth-order valence-corrected chi connectivity index (χ4v) is 3.49. The second-order valence-corrected chi connectivity index (χ2v) is 7.38. The number of rotatable bonds is 7. The monoisotopic (exact) mass is 512 g/mol. The minimum Gasteiger partial charge on any atom is -0.379 e. The van der Waals surface area contributed by atoms with Crippen LogP contribution in [0, 0.1) is 5.92 Å². The number of nitrogens with zero attached hydrogens (tertiary/aromatic N) is 4. The van der Waals surface area contributed by atoms with E-state index < -0.39 is 0 Å². The van der Waals surface area contributed by atoms with Crippen molar-refractivity contribution in [1.29, 1.82) is 0 Å². The van der Waals surface area contributed by atoms with Gasteiger partial charge >= 0.3 is 0 Å². The Morgan fingerprint density at radius 3 is 2.48 bits per heavy atom. The van der Waals surface area contributed by atoms with Gasteiger partial charge in [-0.1, -0.05) is 26.0 Å². The summed E-state index contributed by atoms with van der Waals surface area (Å²) in [7, 11) is 1.81. The summed E-state index contributed by atoms with van der Waals surface area (Å²) >= 11 is 0. The molecule has 29 heavy (non-hydrogen) atoms. The summed E-state index contributed by atoms with van der Waals surface area (Å²) < 4.78 is 7.35. The number of benzene rings is 1. The van der Waals surface area contributed by atoms with Crippen LogP contribution in [0.25, 0.3) is 5.69 Å². The van der Waals surface area contributed by atoms with Crippen molar-refractivity contribution in [2.75, 3.05) is 39.9 Å². The lowest BCUT2D eigenvalue weighted by Crippen LogP contribution is -2.52. The van der Waals surface area contributed by atoms with Gasteiger partial charge < -0.3 is 15.4 Å². The van der Waals surface area contributed by atoms with E-state index in [2.05, 4.69) is 63.7 Å². The van der Waals surface area contributed by atoms with E-state index >= 15 is 0 Å². The zero-order valence-electron chi connectivity index (χ0n) is 17.5. The molecule has 7 nitrogen and oxygen atoms in total.